The summed E-state index contributed by atoms with van der Waals surface area (Å²) in [6.07, 6.45) is 0.116. The van der Waals surface area contributed by atoms with Crippen LogP contribution in [0.5, 0.6) is 5.75 Å². The van der Waals surface area contributed by atoms with Crippen molar-refractivity contribution in [1.29, 1.82) is 0 Å². The van der Waals surface area contributed by atoms with Crippen molar-refractivity contribution in [3.63, 3.8) is 0 Å². The first kappa shape index (κ1) is 18.4. The number of benzene rings is 2. The number of hydrogen-bond donors (Lipinski definition) is 3. The standard InChI is InChI=1S/C19H18N4O3S/c1-26-16-9-7-14(8-10-16)20-17(24)11-15-12-27-19(22-15)23-18(25)21-13-5-3-2-4-6-13/h2-10,12H,11H2,1H3,(H,20,24)(H2,21,22,23,25). The van der Waals surface area contributed by atoms with Gasteiger partial charge in [0.05, 0.1) is 19.2 Å². The molecule has 3 N–H and O–H groups in total. The van der Waals surface area contributed by atoms with Gasteiger partial charge in [-0.3, -0.25) is 10.1 Å². The molecule has 0 radical (unpaired) electrons. The molecule has 27 heavy (non-hydrogen) atoms. The Morgan fingerprint density at radius 1 is 0.963 bits per heavy atom. The van der Waals surface area contributed by atoms with Crippen molar-refractivity contribution in [2.24, 2.45) is 0 Å². The number of aromatic nitrogens is 1. The van der Waals surface area contributed by atoms with Crippen LogP contribution in [0, 0.1) is 0 Å². The molecule has 0 aliphatic rings. The molecular formula is C19H18N4O3S. The van der Waals surface area contributed by atoms with E-state index >= 15 is 0 Å². The lowest BCUT2D eigenvalue weighted by Crippen LogP contribution is -2.19. The Bertz CT molecular complexity index is 910. The summed E-state index contributed by atoms with van der Waals surface area (Å²) in [7, 11) is 1.58. The quantitative estimate of drug-likeness (QED) is 0.601. The molecule has 0 aliphatic carbocycles. The smallest absolute Gasteiger partial charge is 0.325 e. The normalized spacial score (nSPS) is 10.1. The van der Waals surface area contributed by atoms with Crippen LogP contribution in [0.2, 0.25) is 0 Å². The number of hydrogen-bond acceptors (Lipinski definition) is 5. The summed E-state index contributed by atoms with van der Waals surface area (Å²) in [5, 5.41) is 10.3. The lowest BCUT2D eigenvalue weighted by atomic mass is 10.2. The zero-order chi connectivity index (χ0) is 19.1. The Hall–Kier alpha value is -3.39. The number of anilines is 3. The maximum absolute atomic E-state index is 12.1. The van der Waals surface area contributed by atoms with E-state index in [2.05, 4.69) is 20.9 Å². The molecule has 0 saturated carbocycles. The van der Waals surface area contributed by atoms with E-state index in [4.69, 9.17) is 4.74 Å². The van der Waals surface area contributed by atoms with Crippen LogP contribution in [-0.2, 0) is 11.2 Å². The SMILES string of the molecule is COc1ccc(NC(=O)Cc2csc(NC(=O)Nc3ccccc3)n2)cc1. The van der Waals surface area contributed by atoms with Gasteiger partial charge in [-0.05, 0) is 36.4 Å². The van der Waals surface area contributed by atoms with E-state index in [-0.39, 0.29) is 18.4 Å². The molecule has 3 amide bonds. The molecule has 3 aromatic rings. The summed E-state index contributed by atoms with van der Waals surface area (Å²) < 4.78 is 5.08. The second kappa shape index (κ2) is 8.81. The summed E-state index contributed by atoms with van der Waals surface area (Å²) in [6, 6.07) is 15.8. The van der Waals surface area contributed by atoms with E-state index in [0.717, 1.165) is 5.75 Å². The minimum absolute atomic E-state index is 0.116. The number of ether oxygens (including phenoxy) is 1. The van der Waals surface area contributed by atoms with Gasteiger partial charge in [-0.25, -0.2) is 9.78 Å². The van der Waals surface area contributed by atoms with E-state index in [1.54, 1.807) is 48.9 Å². The topological polar surface area (TPSA) is 92.4 Å². The van der Waals surface area contributed by atoms with E-state index in [9.17, 15) is 9.59 Å². The molecule has 0 spiro atoms. The van der Waals surface area contributed by atoms with Gasteiger partial charge < -0.3 is 15.4 Å². The van der Waals surface area contributed by atoms with Crippen molar-refractivity contribution >= 4 is 39.8 Å². The lowest BCUT2D eigenvalue weighted by molar-refractivity contribution is -0.115. The van der Waals surface area contributed by atoms with Gasteiger partial charge in [-0.2, -0.15) is 0 Å². The number of amides is 3. The predicted molar refractivity (Wildman–Crippen MR) is 107 cm³/mol. The Labute approximate surface area is 160 Å². The molecule has 0 saturated heterocycles. The maximum atomic E-state index is 12.1. The molecule has 1 aromatic heterocycles. The first-order chi connectivity index (χ1) is 13.1. The number of rotatable bonds is 6. The highest BCUT2D eigenvalue weighted by molar-refractivity contribution is 7.14. The van der Waals surface area contributed by atoms with Crippen molar-refractivity contribution in [2.45, 2.75) is 6.42 Å². The van der Waals surface area contributed by atoms with Gasteiger partial charge in [0.2, 0.25) is 5.91 Å². The van der Waals surface area contributed by atoms with Gasteiger partial charge in [0.25, 0.3) is 0 Å². The second-order valence-corrected chi connectivity index (χ2v) is 6.40. The predicted octanol–water partition coefficient (Wildman–Crippen LogP) is 3.98. The summed E-state index contributed by atoms with van der Waals surface area (Å²) >= 11 is 1.26. The molecule has 0 atom stereocenters. The largest absolute Gasteiger partial charge is 0.497 e. The number of methoxy groups -OCH3 is 1. The second-order valence-electron chi connectivity index (χ2n) is 5.54. The molecule has 0 aliphatic heterocycles. The van der Waals surface area contributed by atoms with Crippen LogP contribution in [0.1, 0.15) is 5.69 Å². The Morgan fingerprint density at radius 3 is 2.37 bits per heavy atom. The van der Waals surface area contributed by atoms with Crippen LogP contribution >= 0.6 is 11.3 Å². The number of urea groups is 1. The monoisotopic (exact) mass is 382 g/mol. The third-order valence-corrected chi connectivity index (χ3v) is 4.33. The molecule has 0 bridgehead atoms. The Balaban J connectivity index is 1.50. The van der Waals surface area contributed by atoms with Crippen LogP contribution in [0.3, 0.4) is 0 Å². The van der Waals surface area contributed by atoms with Crippen LogP contribution < -0.4 is 20.7 Å². The average Bonchev–Trinajstić information content (AvgIpc) is 3.09. The molecule has 0 fully saturated rings. The zero-order valence-corrected chi connectivity index (χ0v) is 15.4. The number of nitrogens with zero attached hydrogens (tertiary/aromatic N) is 1. The van der Waals surface area contributed by atoms with Crippen LogP contribution in [0.25, 0.3) is 0 Å². The molecule has 7 nitrogen and oxygen atoms in total. The van der Waals surface area contributed by atoms with E-state index in [1.165, 1.54) is 11.3 Å². The van der Waals surface area contributed by atoms with Gasteiger partial charge in [0, 0.05) is 16.8 Å². The number of carbonyl (C=O) groups excluding carboxylic acids is 2. The van der Waals surface area contributed by atoms with Crippen molar-refractivity contribution in [2.75, 3.05) is 23.1 Å². The third kappa shape index (κ3) is 5.55. The fourth-order valence-electron chi connectivity index (χ4n) is 2.27. The highest BCUT2D eigenvalue weighted by Crippen LogP contribution is 2.18. The van der Waals surface area contributed by atoms with Crippen molar-refractivity contribution in [3.8, 4) is 5.75 Å². The summed E-state index contributed by atoms with van der Waals surface area (Å²) in [4.78, 5) is 28.4. The summed E-state index contributed by atoms with van der Waals surface area (Å²) in [6.45, 7) is 0. The van der Waals surface area contributed by atoms with Gasteiger partial charge >= 0.3 is 6.03 Å². The third-order valence-electron chi connectivity index (χ3n) is 3.52. The molecule has 3 rings (SSSR count). The van der Waals surface area contributed by atoms with Crippen molar-refractivity contribution in [3.05, 3.63) is 65.7 Å². The fourth-order valence-corrected chi connectivity index (χ4v) is 2.98. The molecular weight excluding hydrogens is 364 g/mol. The number of thiazole rings is 1. The fraction of sp³-hybridized carbons (Fsp3) is 0.105. The van der Waals surface area contributed by atoms with Crippen LogP contribution in [0.4, 0.5) is 21.3 Å². The molecule has 2 aromatic carbocycles. The summed E-state index contributed by atoms with van der Waals surface area (Å²) in [5.74, 6) is 0.530. The first-order valence-electron chi connectivity index (χ1n) is 8.14. The highest BCUT2D eigenvalue weighted by atomic mass is 32.1. The molecule has 138 valence electrons. The first-order valence-corrected chi connectivity index (χ1v) is 9.02. The van der Waals surface area contributed by atoms with E-state index in [0.29, 0.717) is 22.2 Å². The van der Waals surface area contributed by atoms with Crippen LogP contribution in [-0.4, -0.2) is 24.0 Å². The Kier molecular flexibility index (Phi) is 6.01. The molecule has 0 unspecified atom stereocenters. The Morgan fingerprint density at radius 2 is 1.67 bits per heavy atom. The summed E-state index contributed by atoms with van der Waals surface area (Å²) in [5.41, 5.74) is 1.95. The van der Waals surface area contributed by atoms with Gasteiger partial charge in [0.1, 0.15) is 5.75 Å². The minimum Gasteiger partial charge on any atom is -0.497 e. The highest BCUT2D eigenvalue weighted by Gasteiger charge is 2.10. The van der Waals surface area contributed by atoms with Crippen LogP contribution in [0.15, 0.2) is 60.0 Å². The average molecular weight is 382 g/mol. The van der Waals surface area contributed by atoms with Crippen molar-refractivity contribution in [1.82, 2.24) is 4.98 Å². The molecule has 8 heteroatoms. The number of nitrogens with one attached hydrogen (secondary N) is 3. The van der Waals surface area contributed by atoms with E-state index < -0.39 is 0 Å². The van der Waals surface area contributed by atoms with Gasteiger partial charge in [-0.15, -0.1) is 11.3 Å². The van der Waals surface area contributed by atoms with E-state index in [1.807, 2.05) is 18.2 Å². The van der Waals surface area contributed by atoms with Crippen molar-refractivity contribution < 1.29 is 14.3 Å². The van der Waals surface area contributed by atoms with Gasteiger partial charge in [0.15, 0.2) is 5.13 Å². The zero-order valence-electron chi connectivity index (χ0n) is 14.6. The molecule has 1 heterocycles. The van der Waals surface area contributed by atoms with Gasteiger partial charge in [-0.1, -0.05) is 18.2 Å². The number of para-hydroxylation sites is 1. The maximum Gasteiger partial charge on any atom is 0.325 e. The number of carbonyl (C=O) groups is 2. The lowest BCUT2D eigenvalue weighted by Gasteiger charge is -2.05. The minimum atomic E-state index is -0.384.